The fourth-order valence-electron chi connectivity index (χ4n) is 8.75. The van der Waals surface area contributed by atoms with Crippen molar-refractivity contribution in [2.75, 3.05) is 126 Å². The fraction of sp³-hybridized carbons (Fsp3) is 0.479. The second kappa shape index (κ2) is 21.9. The lowest BCUT2D eigenvalue weighted by Gasteiger charge is -2.36. The molecule has 64 heavy (non-hydrogen) atoms. The predicted octanol–water partition coefficient (Wildman–Crippen LogP) is 4.93. The van der Waals surface area contributed by atoms with Gasteiger partial charge in [0.25, 0.3) is 0 Å². The van der Waals surface area contributed by atoms with Crippen LogP contribution in [0.5, 0.6) is 5.75 Å². The molecule has 1 unspecified atom stereocenters. The smallest absolute Gasteiger partial charge is 0.234 e. The maximum absolute atomic E-state index is 12.7. The molecule has 4 heterocycles. The topological polar surface area (TPSA) is 125 Å². The number of rotatable bonds is 18. The van der Waals surface area contributed by atoms with Crippen LogP contribution >= 0.6 is 21.6 Å². The summed E-state index contributed by atoms with van der Waals surface area (Å²) in [4.78, 5) is 46.7. The third kappa shape index (κ3) is 11.3. The second-order valence-electron chi connectivity index (χ2n) is 16.4. The van der Waals surface area contributed by atoms with E-state index in [1.165, 1.54) is 0 Å². The lowest BCUT2D eigenvalue weighted by Crippen LogP contribution is -2.49. The zero-order chi connectivity index (χ0) is 44.4. The van der Waals surface area contributed by atoms with Crippen LogP contribution in [0.25, 0.3) is 22.6 Å². The number of piperazine rings is 2. The van der Waals surface area contributed by atoms with E-state index in [0.29, 0.717) is 26.2 Å². The van der Waals surface area contributed by atoms with E-state index in [1.807, 2.05) is 18.2 Å². The second-order valence-corrected chi connectivity index (χ2v) is 19.1. The molecular formula is C48H63N10O4S2+. The molecule has 2 aromatic carbocycles. The van der Waals surface area contributed by atoms with Crippen LogP contribution in [0.4, 0.5) is 17.1 Å². The Labute approximate surface area is 385 Å². The molecule has 0 bridgehead atoms. The Morgan fingerprint density at radius 3 is 2.03 bits per heavy atom. The van der Waals surface area contributed by atoms with Gasteiger partial charge in [0.2, 0.25) is 17.2 Å². The molecule has 340 valence electrons. The van der Waals surface area contributed by atoms with Gasteiger partial charge in [-0.25, -0.2) is 14.6 Å². The highest BCUT2D eigenvalue weighted by atomic mass is 33.1. The number of amides is 2. The van der Waals surface area contributed by atoms with Crippen molar-refractivity contribution in [3.63, 3.8) is 0 Å². The minimum absolute atomic E-state index is 0.0581. The van der Waals surface area contributed by atoms with Crippen LogP contribution in [0.1, 0.15) is 27.7 Å². The fourth-order valence-corrected chi connectivity index (χ4v) is 10.6. The largest absolute Gasteiger partial charge is 0.453 e. The van der Waals surface area contributed by atoms with Crippen molar-refractivity contribution in [1.29, 1.82) is 0 Å². The number of ether oxygens (including phenoxy) is 1. The standard InChI is InChI=1S/C48H62N10O4S2/c1-5-55(6-2)35-9-13-39-43(29-35)61-45-31-37(11-15-41(45)51-39)57-23-19-53(20-24-57)33-47(59)49-17-27-63-64-28-18-50-48(60)34-54-21-25-58(26-22-54)38-12-16-42-46(32-38)62-44-30-36(56(7-3)8-4)10-14-40(44)52-42/h9-16,29-32,35H,5-8,17-28,33-34H2,1-4H3,(H-,49,50,59,60)/p+1. The number of carbonyl (C=O) groups excluding carboxylic acids is 2. The minimum atomic E-state index is 0.0581. The van der Waals surface area contributed by atoms with Crippen molar-refractivity contribution in [2.45, 2.75) is 33.7 Å². The summed E-state index contributed by atoms with van der Waals surface area (Å²) in [5, 5.41) is 7.30. The molecule has 14 nitrogen and oxygen atoms in total. The zero-order valence-electron chi connectivity index (χ0n) is 37.8. The molecule has 8 rings (SSSR count). The monoisotopic (exact) mass is 907 g/mol. The molecule has 2 aromatic rings. The van der Waals surface area contributed by atoms with Gasteiger partial charge in [-0.05, 0) is 69.4 Å². The summed E-state index contributed by atoms with van der Waals surface area (Å²) in [6, 6.07) is 18.9. The predicted molar refractivity (Wildman–Crippen MR) is 263 cm³/mol. The Morgan fingerprint density at radius 1 is 0.781 bits per heavy atom. The molecule has 4 aliphatic heterocycles. The van der Waals surface area contributed by atoms with Crippen LogP contribution in [0.2, 0.25) is 0 Å². The average Bonchev–Trinajstić information content (AvgIpc) is 3.32. The molecule has 2 N–H and O–H groups in total. The van der Waals surface area contributed by atoms with Gasteiger partial charge in [0.05, 0.1) is 25.2 Å². The van der Waals surface area contributed by atoms with Gasteiger partial charge >= 0.3 is 0 Å². The summed E-state index contributed by atoms with van der Waals surface area (Å²) in [6.07, 6.45) is 6.43. The quantitative estimate of drug-likeness (QED) is 0.0610. The number of hydrogen-bond acceptors (Lipinski definition) is 13. The van der Waals surface area contributed by atoms with Gasteiger partial charge < -0.3 is 29.6 Å². The third-order valence-corrected chi connectivity index (χ3v) is 14.9. The van der Waals surface area contributed by atoms with Gasteiger partial charge in [-0.15, -0.1) is 0 Å². The maximum Gasteiger partial charge on any atom is 0.234 e. The van der Waals surface area contributed by atoms with Crippen LogP contribution < -0.4 is 35.1 Å². The number of likely N-dealkylation sites (N-methyl/N-ethyl adjacent to an activating group) is 1. The van der Waals surface area contributed by atoms with E-state index in [-0.39, 0.29) is 17.9 Å². The molecular weight excluding hydrogens is 845 g/mol. The maximum atomic E-state index is 12.7. The SMILES string of the molecule is CCN(CC)C1C=CC2=Nc3ccc(N4CCN(CC(=O)NCCSSCCNC(=O)CN5CCN(c6ccc7nc8ccc(=[N+](CC)CC)cc-8oc7c6)CC5)CC4)cc3OC2=C1. The Hall–Kier alpha value is -4.87. The number of aliphatic imine (C=N–C) groups is 1. The molecule has 0 saturated carbocycles. The molecule has 2 fully saturated rings. The van der Waals surface area contributed by atoms with Gasteiger partial charge in [0.15, 0.2) is 22.9 Å². The first-order valence-electron chi connectivity index (χ1n) is 23.0. The Kier molecular flexibility index (Phi) is 15.6. The lowest BCUT2D eigenvalue weighted by atomic mass is 10.0. The molecule has 2 amide bonds. The summed E-state index contributed by atoms with van der Waals surface area (Å²) >= 11 is 0. The average molecular weight is 908 g/mol. The summed E-state index contributed by atoms with van der Waals surface area (Å²) in [5.74, 6) is 4.15. The number of hydrogen-bond donors (Lipinski definition) is 2. The highest BCUT2D eigenvalue weighted by molar-refractivity contribution is 8.76. The molecule has 1 atom stereocenters. The lowest BCUT2D eigenvalue weighted by molar-refractivity contribution is -0.123. The van der Waals surface area contributed by atoms with E-state index in [9.17, 15) is 9.59 Å². The van der Waals surface area contributed by atoms with E-state index in [0.717, 1.165) is 152 Å². The van der Waals surface area contributed by atoms with Crippen LogP contribution in [0.3, 0.4) is 0 Å². The first-order chi connectivity index (χ1) is 31.3. The number of anilines is 2. The molecule has 6 aliphatic rings. The van der Waals surface area contributed by atoms with Crippen LogP contribution in [0.15, 0.2) is 88.0 Å². The number of nitrogens with zero attached hydrogens (tertiary/aromatic N) is 8. The van der Waals surface area contributed by atoms with Crippen molar-refractivity contribution in [2.24, 2.45) is 4.99 Å². The van der Waals surface area contributed by atoms with E-state index >= 15 is 0 Å². The van der Waals surface area contributed by atoms with Crippen molar-refractivity contribution in [3.8, 4) is 17.2 Å². The first kappa shape index (κ1) is 45.7. The Morgan fingerprint density at radius 2 is 1.41 bits per heavy atom. The van der Waals surface area contributed by atoms with Gasteiger partial charge in [-0.3, -0.25) is 24.3 Å². The van der Waals surface area contributed by atoms with E-state index in [1.54, 1.807) is 21.6 Å². The number of allylic oxidation sites excluding steroid dienone is 1. The summed E-state index contributed by atoms with van der Waals surface area (Å²) in [7, 11) is 3.45. The van der Waals surface area contributed by atoms with Crippen LogP contribution in [0, 0.1) is 0 Å². The molecule has 2 aliphatic carbocycles. The van der Waals surface area contributed by atoms with Crippen LogP contribution in [-0.4, -0.2) is 159 Å². The molecule has 0 radical (unpaired) electrons. The molecule has 0 spiro atoms. The minimum Gasteiger partial charge on any atom is -0.453 e. The normalized spacial score (nSPS) is 17.8. The number of fused-ring (bicyclic) bond motifs is 4. The highest BCUT2D eigenvalue weighted by Gasteiger charge is 2.26. The van der Waals surface area contributed by atoms with Gasteiger partial charge in [-0.2, -0.15) is 0 Å². The van der Waals surface area contributed by atoms with Gasteiger partial charge in [-0.1, -0.05) is 41.5 Å². The van der Waals surface area contributed by atoms with Crippen LogP contribution in [-0.2, 0) is 9.59 Å². The number of aromatic nitrogens is 1. The van der Waals surface area contributed by atoms with Crippen molar-refractivity contribution in [1.82, 2.24) is 34.9 Å². The Bertz CT molecular complexity index is 2390. The molecule has 2 saturated heterocycles. The van der Waals surface area contributed by atoms with Crippen molar-refractivity contribution in [3.05, 3.63) is 83.9 Å². The molecule has 0 aromatic heterocycles. The summed E-state index contributed by atoms with van der Waals surface area (Å²) in [5.41, 5.74) is 6.42. The summed E-state index contributed by atoms with van der Waals surface area (Å²) < 4.78 is 15.1. The third-order valence-electron chi connectivity index (χ3n) is 12.4. The Balaban J connectivity index is 0.673. The zero-order valence-corrected chi connectivity index (χ0v) is 39.4. The van der Waals surface area contributed by atoms with E-state index in [2.05, 4.69) is 122 Å². The summed E-state index contributed by atoms with van der Waals surface area (Å²) in [6.45, 7) is 21.2. The van der Waals surface area contributed by atoms with Gasteiger partial charge in [0.1, 0.15) is 35.7 Å². The number of carbonyl (C=O) groups is 2. The number of nitrogens with one attached hydrogen (secondary N) is 2. The van der Waals surface area contributed by atoms with Crippen molar-refractivity contribution >= 4 is 67.3 Å². The highest BCUT2D eigenvalue weighted by Crippen LogP contribution is 2.38. The van der Waals surface area contributed by atoms with E-state index < -0.39 is 0 Å². The van der Waals surface area contributed by atoms with E-state index in [4.69, 9.17) is 19.1 Å². The van der Waals surface area contributed by atoms with Gasteiger partial charge in [0, 0.05) is 107 Å². The first-order valence-corrected chi connectivity index (χ1v) is 25.5. The number of benzene rings is 3. The van der Waals surface area contributed by atoms with Crippen molar-refractivity contribution < 1.29 is 18.7 Å². The molecule has 16 heteroatoms.